The number of carbonyl (C=O) groups excluding carboxylic acids is 1. The number of nitrogens with zero attached hydrogens (tertiary/aromatic N) is 1. The van der Waals surface area contributed by atoms with E-state index in [0.717, 1.165) is 22.3 Å². The summed E-state index contributed by atoms with van der Waals surface area (Å²) in [5.41, 5.74) is 3.58. The van der Waals surface area contributed by atoms with Crippen LogP contribution in [0.3, 0.4) is 0 Å². The summed E-state index contributed by atoms with van der Waals surface area (Å²) < 4.78 is 0. The minimum absolute atomic E-state index is 0.0950. The van der Waals surface area contributed by atoms with Crippen molar-refractivity contribution in [2.45, 2.75) is 6.92 Å². The van der Waals surface area contributed by atoms with Crippen LogP contribution in [-0.4, -0.2) is 30.3 Å². The molecular weight excluding hydrogens is 306 g/mol. The first-order chi connectivity index (χ1) is 12.1. The van der Waals surface area contributed by atoms with E-state index in [9.17, 15) is 4.79 Å². The molecule has 0 aromatic heterocycles. The highest BCUT2D eigenvalue weighted by molar-refractivity contribution is 6.12. The van der Waals surface area contributed by atoms with Gasteiger partial charge in [-0.05, 0) is 18.6 Å². The van der Waals surface area contributed by atoms with Crippen molar-refractivity contribution in [3.63, 3.8) is 0 Å². The molecule has 0 saturated carbocycles. The van der Waals surface area contributed by atoms with E-state index >= 15 is 0 Å². The summed E-state index contributed by atoms with van der Waals surface area (Å²) in [5, 5.41) is 0. The summed E-state index contributed by atoms with van der Waals surface area (Å²) in [6.07, 6.45) is 16.8. The molecule has 0 amide bonds. The zero-order valence-corrected chi connectivity index (χ0v) is 14.6. The number of terminal acetylenes is 1. The second-order valence-corrected chi connectivity index (χ2v) is 5.96. The fraction of sp³-hybridized carbons (Fsp3) is 0.174. The molecule has 25 heavy (non-hydrogen) atoms. The summed E-state index contributed by atoms with van der Waals surface area (Å²) in [4.78, 5) is 15.0. The maximum atomic E-state index is 12.9. The van der Waals surface area contributed by atoms with Crippen molar-refractivity contribution in [1.82, 2.24) is 4.90 Å². The van der Waals surface area contributed by atoms with Gasteiger partial charge in [-0.15, -0.1) is 6.42 Å². The highest BCUT2D eigenvalue weighted by Gasteiger charge is 2.25. The molecule has 126 valence electrons. The Balaban J connectivity index is 2.33. The average Bonchev–Trinajstić information content (AvgIpc) is 2.60. The van der Waals surface area contributed by atoms with Crippen LogP contribution in [0.4, 0.5) is 0 Å². The molecule has 1 fully saturated rings. The number of hydrogen-bond acceptors (Lipinski definition) is 2. The van der Waals surface area contributed by atoms with Gasteiger partial charge in [0, 0.05) is 24.2 Å². The van der Waals surface area contributed by atoms with E-state index in [2.05, 4.69) is 17.4 Å². The largest absolute Gasteiger partial charge is 0.289 e. The molecule has 1 aromatic carbocycles. The summed E-state index contributed by atoms with van der Waals surface area (Å²) >= 11 is 0. The summed E-state index contributed by atoms with van der Waals surface area (Å²) in [6.45, 7) is 7.30. The lowest BCUT2D eigenvalue weighted by Crippen LogP contribution is -2.37. The lowest BCUT2D eigenvalue weighted by molar-refractivity contribution is -0.113. The lowest BCUT2D eigenvalue weighted by atomic mass is 9.94. The third-order valence-electron chi connectivity index (χ3n) is 3.83. The minimum Gasteiger partial charge on any atom is -0.289 e. The van der Waals surface area contributed by atoms with Gasteiger partial charge in [0.25, 0.3) is 0 Å². The Morgan fingerprint density at radius 3 is 2.64 bits per heavy atom. The van der Waals surface area contributed by atoms with Crippen molar-refractivity contribution in [3.05, 3.63) is 89.6 Å². The van der Waals surface area contributed by atoms with E-state index in [1.165, 1.54) is 0 Å². The number of likely N-dealkylation sites (tertiary alicyclic amines) is 1. The zero-order chi connectivity index (χ0) is 18.1. The number of rotatable bonds is 5. The Morgan fingerprint density at radius 2 is 1.96 bits per heavy atom. The maximum absolute atomic E-state index is 12.9. The fourth-order valence-corrected chi connectivity index (χ4v) is 2.71. The van der Waals surface area contributed by atoms with Gasteiger partial charge >= 0.3 is 0 Å². The Kier molecular flexibility index (Phi) is 6.95. The van der Waals surface area contributed by atoms with Gasteiger partial charge < -0.3 is 0 Å². The molecule has 0 N–H and O–H groups in total. The number of Topliss-reactive ketones (excluding diaryl/α,β-unsaturated/α-hetero) is 1. The Morgan fingerprint density at radius 1 is 1.24 bits per heavy atom. The topological polar surface area (TPSA) is 20.3 Å². The Labute approximate surface area is 150 Å². The summed E-state index contributed by atoms with van der Waals surface area (Å²) in [7, 11) is 0. The molecule has 0 radical (unpaired) electrons. The third kappa shape index (κ3) is 5.60. The smallest absolute Gasteiger partial charge is 0.187 e. The highest BCUT2D eigenvalue weighted by Crippen LogP contribution is 2.21. The van der Waals surface area contributed by atoms with Gasteiger partial charge in [0.1, 0.15) is 0 Å². The molecule has 1 saturated heterocycles. The van der Waals surface area contributed by atoms with E-state index in [4.69, 9.17) is 6.42 Å². The first kappa shape index (κ1) is 18.4. The number of piperidine rings is 1. The molecule has 1 aliphatic rings. The van der Waals surface area contributed by atoms with Gasteiger partial charge in [-0.2, -0.15) is 0 Å². The van der Waals surface area contributed by atoms with Gasteiger partial charge in [0.2, 0.25) is 0 Å². The summed E-state index contributed by atoms with van der Waals surface area (Å²) in [5.74, 6) is 2.77. The molecule has 1 heterocycles. The van der Waals surface area contributed by atoms with Gasteiger partial charge in [-0.1, -0.05) is 78.8 Å². The fourth-order valence-electron chi connectivity index (χ4n) is 2.71. The van der Waals surface area contributed by atoms with Gasteiger partial charge in [-0.3, -0.25) is 9.69 Å². The van der Waals surface area contributed by atoms with Crippen LogP contribution in [0.15, 0.2) is 84.0 Å². The van der Waals surface area contributed by atoms with E-state index in [-0.39, 0.29) is 5.78 Å². The average molecular weight is 329 g/mol. The van der Waals surface area contributed by atoms with Crippen LogP contribution >= 0.6 is 0 Å². The third-order valence-corrected chi connectivity index (χ3v) is 3.83. The van der Waals surface area contributed by atoms with E-state index in [1.807, 2.05) is 67.6 Å². The van der Waals surface area contributed by atoms with Gasteiger partial charge in [-0.25, -0.2) is 0 Å². The van der Waals surface area contributed by atoms with Crippen LogP contribution in [0.25, 0.3) is 6.08 Å². The Bertz CT molecular complexity index is 785. The second kappa shape index (κ2) is 9.42. The second-order valence-electron chi connectivity index (χ2n) is 5.96. The van der Waals surface area contributed by atoms with Crippen LogP contribution in [0.1, 0.15) is 12.5 Å². The van der Waals surface area contributed by atoms with Crippen LogP contribution in [-0.2, 0) is 4.79 Å². The molecule has 1 aliphatic heterocycles. The van der Waals surface area contributed by atoms with Crippen molar-refractivity contribution in [2.24, 2.45) is 0 Å². The van der Waals surface area contributed by atoms with Crippen LogP contribution < -0.4 is 0 Å². The van der Waals surface area contributed by atoms with Crippen LogP contribution in [0.2, 0.25) is 0 Å². The predicted octanol–water partition coefficient (Wildman–Crippen LogP) is 4.20. The van der Waals surface area contributed by atoms with Crippen molar-refractivity contribution in [3.8, 4) is 12.3 Å². The molecule has 0 unspecified atom stereocenters. The molecule has 2 rings (SSSR count). The van der Waals surface area contributed by atoms with Gasteiger partial charge in [0.05, 0.1) is 6.54 Å². The number of hydrogen-bond donors (Lipinski definition) is 0. The lowest BCUT2D eigenvalue weighted by Gasteiger charge is -2.28. The number of benzene rings is 1. The molecule has 0 bridgehead atoms. The van der Waals surface area contributed by atoms with Crippen molar-refractivity contribution < 1.29 is 4.79 Å². The van der Waals surface area contributed by atoms with Crippen molar-refractivity contribution in [1.29, 1.82) is 0 Å². The van der Waals surface area contributed by atoms with Crippen molar-refractivity contribution >= 4 is 11.9 Å². The van der Waals surface area contributed by atoms with Gasteiger partial charge in [0.15, 0.2) is 5.78 Å². The van der Waals surface area contributed by atoms with E-state index in [0.29, 0.717) is 19.6 Å². The molecule has 2 nitrogen and oxygen atoms in total. The van der Waals surface area contributed by atoms with E-state index in [1.54, 1.807) is 6.08 Å². The predicted molar refractivity (Wildman–Crippen MR) is 106 cm³/mol. The number of allylic oxidation sites excluding steroid dienone is 6. The number of ketones is 1. The van der Waals surface area contributed by atoms with Crippen LogP contribution in [0.5, 0.6) is 0 Å². The normalized spacial score (nSPS) is 19.5. The minimum atomic E-state index is 0.0950. The quantitative estimate of drug-likeness (QED) is 0.458. The maximum Gasteiger partial charge on any atom is 0.187 e. The standard InChI is InChI=1S/C23H23NO/c1-4-6-8-11-19(3)15-21-17-24(14-5-2)18-22(23(21)25)16-20-12-9-7-10-13-20/h2,4,6-13,15-16H,1,14,17-18H2,3H3/b8-6-,19-11+,21-15+,22-16+. The Hall–Kier alpha value is -2.89. The molecule has 0 spiro atoms. The van der Waals surface area contributed by atoms with E-state index < -0.39 is 0 Å². The molecular formula is C23H23NO. The molecule has 0 atom stereocenters. The first-order valence-electron chi connectivity index (χ1n) is 8.26. The van der Waals surface area contributed by atoms with Crippen LogP contribution in [0, 0.1) is 12.3 Å². The molecule has 0 aliphatic carbocycles. The monoisotopic (exact) mass is 329 g/mol. The van der Waals surface area contributed by atoms with Crippen molar-refractivity contribution in [2.75, 3.05) is 19.6 Å². The first-order valence-corrected chi connectivity index (χ1v) is 8.26. The number of carbonyl (C=O) groups is 1. The highest BCUT2D eigenvalue weighted by atomic mass is 16.1. The molecule has 1 aromatic rings. The zero-order valence-electron chi connectivity index (χ0n) is 14.6. The summed E-state index contributed by atoms with van der Waals surface area (Å²) in [6, 6.07) is 9.89. The SMILES string of the molecule is C#CCN1C\C(=C/C(C)=C/C=C\C=C)C(=O)/C(=C/c2ccccc2)C1. The molecule has 2 heteroatoms.